The third-order valence-electron chi connectivity index (χ3n) is 1.87. The van der Waals surface area contributed by atoms with E-state index in [4.69, 9.17) is 34.8 Å². The summed E-state index contributed by atoms with van der Waals surface area (Å²) in [6.07, 6.45) is 1.88. The maximum Gasteiger partial charge on any atom is 0.324 e. The molecule has 0 aromatic carbocycles. The van der Waals surface area contributed by atoms with Crippen molar-refractivity contribution in [3.8, 4) is 0 Å². The van der Waals surface area contributed by atoms with Gasteiger partial charge in [0.1, 0.15) is 0 Å². The molecule has 0 aromatic heterocycles. The van der Waals surface area contributed by atoms with Crippen molar-refractivity contribution in [3.63, 3.8) is 0 Å². The molecule has 0 radical (unpaired) electrons. The predicted octanol–water partition coefficient (Wildman–Crippen LogP) is 1.69. The lowest BCUT2D eigenvalue weighted by molar-refractivity contribution is -0.119. The number of imide groups is 1. The lowest BCUT2D eigenvalue weighted by Gasteiger charge is -2.17. The van der Waals surface area contributed by atoms with Crippen LogP contribution in [0.2, 0.25) is 0 Å². The Balaban J connectivity index is 2.44. The predicted molar refractivity (Wildman–Crippen MR) is 54.6 cm³/mol. The Bertz CT molecular complexity index is 246. The second kappa shape index (κ2) is 4.55. The summed E-state index contributed by atoms with van der Waals surface area (Å²) < 4.78 is -2.09. The van der Waals surface area contributed by atoms with Crippen molar-refractivity contribution < 1.29 is 9.59 Å². The zero-order valence-electron chi connectivity index (χ0n) is 7.23. The standard InChI is InChI=1S/C7H9Cl3N2O2/c8-7(9,10)5(13)11-6(14)12-3-1-2-4-12/h1-4H2,(H,11,13,14). The van der Waals surface area contributed by atoms with Crippen LogP contribution in [0.25, 0.3) is 0 Å². The van der Waals surface area contributed by atoms with Crippen LogP contribution in [-0.2, 0) is 4.79 Å². The van der Waals surface area contributed by atoms with Crippen LogP contribution < -0.4 is 5.32 Å². The summed E-state index contributed by atoms with van der Waals surface area (Å²) in [5.41, 5.74) is 0. The van der Waals surface area contributed by atoms with Crippen LogP contribution in [-0.4, -0.2) is 33.7 Å². The van der Waals surface area contributed by atoms with Gasteiger partial charge in [-0.05, 0) is 12.8 Å². The molecule has 0 aromatic rings. The smallest absolute Gasteiger partial charge is 0.324 e. The maximum absolute atomic E-state index is 11.3. The summed E-state index contributed by atoms with van der Waals surface area (Å²) in [6, 6.07) is -0.501. The number of alkyl halides is 3. The normalized spacial score (nSPS) is 16.9. The van der Waals surface area contributed by atoms with Crippen molar-refractivity contribution in [2.45, 2.75) is 16.6 Å². The van der Waals surface area contributed by atoms with Crippen molar-refractivity contribution >= 4 is 46.7 Å². The summed E-state index contributed by atoms with van der Waals surface area (Å²) in [4.78, 5) is 23.9. The highest BCUT2D eigenvalue weighted by molar-refractivity contribution is 6.76. The molecule has 0 atom stereocenters. The van der Waals surface area contributed by atoms with Gasteiger partial charge in [-0.25, -0.2) is 4.79 Å². The molecule has 3 amide bonds. The molecule has 0 saturated carbocycles. The van der Waals surface area contributed by atoms with Gasteiger partial charge in [-0.1, -0.05) is 34.8 Å². The number of urea groups is 1. The Labute approximate surface area is 96.5 Å². The fourth-order valence-electron chi connectivity index (χ4n) is 1.17. The first-order chi connectivity index (χ1) is 6.41. The quantitative estimate of drug-likeness (QED) is 0.673. The van der Waals surface area contributed by atoms with Crippen LogP contribution in [0.15, 0.2) is 0 Å². The van der Waals surface area contributed by atoms with Crippen LogP contribution in [0.4, 0.5) is 4.79 Å². The molecule has 0 bridgehead atoms. The van der Waals surface area contributed by atoms with Gasteiger partial charge in [-0.2, -0.15) is 0 Å². The van der Waals surface area contributed by atoms with Crippen LogP contribution in [0.5, 0.6) is 0 Å². The number of rotatable bonds is 0. The van der Waals surface area contributed by atoms with E-state index in [2.05, 4.69) is 0 Å². The second-order valence-corrected chi connectivity index (χ2v) is 5.23. The number of nitrogens with zero attached hydrogens (tertiary/aromatic N) is 1. The lowest BCUT2D eigenvalue weighted by atomic mass is 10.4. The maximum atomic E-state index is 11.3. The highest BCUT2D eigenvalue weighted by Crippen LogP contribution is 2.25. The number of carbonyl (C=O) groups is 2. The molecule has 80 valence electrons. The van der Waals surface area contributed by atoms with E-state index in [-0.39, 0.29) is 0 Å². The molecule has 1 N–H and O–H groups in total. The van der Waals surface area contributed by atoms with Gasteiger partial charge in [0.15, 0.2) is 0 Å². The topological polar surface area (TPSA) is 49.4 Å². The summed E-state index contributed by atoms with van der Waals surface area (Å²) in [7, 11) is 0. The summed E-state index contributed by atoms with van der Waals surface area (Å²) in [5, 5.41) is 2.01. The summed E-state index contributed by atoms with van der Waals surface area (Å²) in [5.74, 6) is -0.917. The van der Waals surface area contributed by atoms with Crippen LogP contribution in [0.3, 0.4) is 0 Å². The van der Waals surface area contributed by atoms with Gasteiger partial charge in [0.25, 0.3) is 9.70 Å². The molecular formula is C7H9Cl3N2O2. The first-order valence-corrected chi connectivity index (χ1v) is 5.22. The average molecular weight is 260 g/mol. The van der Waals surface area contributed by atoms with E-state index in [0.717, 1.165) is 12.8 Å². The highest BCUT2D eigenvalue weighted by atomic mass is 35.6. The summed E-state index contributed by atoms with van der Waals surface area (Å²) >= 11 is 15.8. The molecule has 0 spiro atoms. The first kappa shape index (κ1) is 11.9. The molecule has 0 unspecified atom stereocenters. The minimum absolute atomic E-state index is 0.501. The number of carbonyl (C=O) groups excluding carboxylic acids is 2. The number of nitrogens with one attached hydrogen (secondary N) is 1. The zero-order valence-corrected chi connectivity index (χ0v) is 9.49. The molecule has 14 heavy (non-hydrogen) atoms. The Hall–Kier alpha value is -0.190. The minimum atomic E-state index is -2.09. The third kappa shape index (κ3) is 3.19. The molecule has 1 fully saturated rings. The van der Waals surface area contributed by atoms with Crippen molar-refractivity contribution in [1.82, 2.24) is 10.2 Å². The Morgan fingerprint density at radius 1 is 1.14 bits per heavy atom. The largest absolute Gasteiger partial charge is 0.324 e. The Morgan fingerprint density at radius 3 is 2.07 bits per heavy atom. The van der Waals surface area contributed by atoms with Crippen molar-refractivity contribution in [2.75, 3.05) is 13.1 Å². The lowest BCUT2D eigenvalue weighted by Crippen LogP contribution is -2.45. The molecule has 1 rings (SSSR count). The van der Waals surface area contributed by atoms with Crippen molar-refractivity contribution in [3.05, 3.63) is 0 Å². The molecule has 1 aliphatic heterocycles. The van der Waals surface area contributed by atoms with Gasteiger partial charge < -0.3 is 4.90 Å². The first-order valence-electron chi connectivity index (χ1n) is 4.08. The van der Waals surface area contributed by atoms with E-state index >= 15 is 0 Å². The zero-order chi connectivity index (χ0) is 10.8. The van der Waals surface area contributed by atoms with Crippen LogP contribution >= 0.6 is 34.8 Å². The average Bonchev–Trinajstić information content (AvgIpc) is 2.53. The van der Waals surface area contributed by atoms with Crippen LogP contribution in [0.1, 0.15) is 12.8 Å². The van der Waals surface area contributed by atoms with Gasteiger partial charge in [0.05, 0.1) is 0 Å². The Kier molecular flexibility index (Phi) is 3.86. The summed E-state index contributed by atoms with van der Waals surface area (Å²) in [6.45, 7) is 1.28. The molecular weight excluding hydrogens is 250 g/mol. The van der Waals surface area contributed by atoms with Gasteiger partial charge in [0.2, 0.25) is 0 Å². The number of halogens is 3. The van der Waals surface area contributed by atoms with Gasteiger partial charge in [0, 0.05) is 13.1 Å². The fourth-order valence-corrected chi connectivity index (χ4v) is 1.31. The molecule has 4 nitrogen and oxygen atoms in total. The van der Waals surface area contributed by atoms with Crippen LogP contribution in [0, 0.1) is 0 Å². The van der Waals surface area contributed by atoms with Crippen molar-refractivity contribution in [2.24, 2.45) is 0 Å². The van der Waals surface area contributed by atoms with E-state index in [1.807, 2.05) is 5.32 Å². The molecule has 1 saturated heterocycles. The van der Waals surface area contributed by atoms with E-state index < -0.39 is 15.7 Å². The minimum Gasteiger partial charge on any atom is -0.324 e. The van der Waals surface area contributed by atoms with Gasteiger partial charge in [-0.15, -0.1) is 0 Å². The van der Waals surface area contributed by atoms with Gasteiger partial charge in [-0.3, -0.25) is 10.1 Å². The molecule has 1 aliphatic rings. The monoisotopic (exact) mass is 258 g/mol. The van der Waals surface area contributed by atoms with Crippen molar-refractivity contribution in [1.29, 1.82) is 0 Å². The number of hydrogen-bond donors (Lipinski definition) is 1. The highest BCUT2D eigenvalue weighted by Gasteiger charge is 2.33. The van der Waals surface area contributed by atoms with Gasteiger partial charge >= 0.3 is 6.03 Å². The van der Waals surface area contributed by atoms with E-state index in [1.165, 1.54) is 4.90 Å². The third-order valence-corrected chi connectivity index (χ3v) is 2.39. The van der Waals surface area contributed by atoms with E-state index in [1.54, 1.807) is 0 Å². The Morgan fingerprint density at radius 2 is 1.64 bits per heavy atom. The molecule has 0 aliphatic carbocycles. The fraction of sp³-hybridized carbons (Fsp3) is 0.714. The number of amides is 3. The second-order valence-electron chi connectivity index (χ2n) is 2.95. The number of hydrogen-bond acceptors (Lipinski definition) is 2. The number of likely N-dealkylation sites (tertiary alicyclic amines) is 1. The molecule has 1 heterocycles. The van der Waals surface area contributed by atoms with E-state index in [0.29, 0.717) is 13.1 Å². The SMILES string of the molecule is O=C(NC(=O)C(Cl)(Cl)Cl)N1CCCC1. The van der Waals surface area contributed by atoms with E-state index in [9.17, 15) is 9.59 Å². The molecule has 7 heteroatoms.